The van der Waals surface area contributed by atoms with Gasteiger partial charge in [0.2, 0.25) is 0 Å². The lowest BCUT2D eigenvalue weighted by molar-refractivity contribution is 0.130. The number of hydrogen-bond acceptors (Lipinski definition) is 6. The largest absolute Gasteiger partial charge is 0.493 e. The van der Waals surface area contributed by atoms with Crippen LogP contribution >= 0.6 is 22.9 Å². The summed E-state index contributed by atoms with van der Waals surface area (Å²) in [4.78, 5) is 9.92. The van der Waals surface area contributed by atoms with Gasteiger partial charge in [-0.2, -0.15) is 0 Å². The second-order valence-corrected chi connectivity index (χ2v) is 6.80. The Morgan fingerprint density at radius 1 is 1.15 bits per heavy atom. The Balaban J connectivity index is 1.57. The summed E-state index contributed by atoms with van der Waals surface area (Å²) in [5.41, 5.74) is 2.71. The van der Waals surface area contributed by atoms with E-state index >= 15 is 0 Å². The number of rotatable bonds is 8. The normalized spacial score (nSPS) is 10.9. The van der Waals surface area contributed by atoms with Gasteiger partial charge in [0, 0.05) is 21.5 Å². The van der Waals surface area contributed by atoms with Gasteiger partial charge in [-0.15, -0.1) is 11.3 Å². The molecule has 0 aliphatic rings. The Kier molecular flexibility index (Phi) is 6.68. The molecule has 0 fully saturated rings. The highest BCUT2D eigenvalue weighted by Crippen LogP contribution is 2.28. The second-order valence-electron chi connectivity index (χ2n) is 5.50. The van der Waals surface area contributed by atoms with Crippen LogP contribution in [0.1, 0.15) is 18.2 Å². The predicted octanol–water partition coefficient (Wildman–Crippen LogP) is 5.42. The molecule has 0 aliphatic heterocycles. The standard InChI is InChI=1S/C20H19ClN2O3S/c1-3-25-18-9-4-14(10-19(18)24-2)11-22-26-12-17-13-27-20(23-17)15-5-7-16(21)8-6-15/h4-11,13H,3,12H2,1-2H3. The van der Waals surface area contributed by atoms with E-state index in [1.807, 2.05) is 54.8 Å². The first kappa shape index (κ1) is 19.2. The van der Waals surface area contributed by atoms with Crippen LogP contribution in [-0.4, -0.2) is 24.9 Å². The van der Waals surface area contributed by atoms with Crippen LogP contribution in [0.5, 0.6) is 11.5 Å². The maximum atomic E-state index is 5.91. The molecule has 0 atom stereocenters. The van der Waals surface area contributed by atoms with Crippen LogP contribution in [-0.2, 0) is 11.4 Å². The molecule has 0 spiro atoms. The van der Waals surface area contributed by atoms with Gasteiger partial charge in [-0.25, -0.2) is 4.98 Å². The Bertz CT molecular complexity index is 910. The number of halogens is 1. The number of benzene rings is 2. The number of ether oxygens (including phenoxy) is 2. The molecule has 0 bridgehead atoms. The summed E-state index contributed by atoms with van der Waals surface area (Å²) in [7, 11) is 1.61. The van der Waals surface area contributed by atoms with Crippen molar-refractivity contribution < 1.29 is 14.3 Å². The molecule has 0 saturated carbocycles. The maximum absolute atomic E-state index is 5.91. The highest BCUT2D eigenvalue weighted by atomic mass is 35.5. The SMILES string of the molecule is CCOc1ccc(C=NOCc2csc(-c3ccc(Cl)cc3)n2)cc1OC. The first-order valence-corrected chi connectivity index (χ1v) is 9.62. The topological polar surface area (TPSA) is 52.9 Å². The van der Waals surface area contributed by atoms with E-state index in [1.165, 1.54) is 0 Å². The zero-order valence-electron chi connectivity index (χ0n) is 15.0. The molecule has 0 amide bonds. The van der Waals surface area contributed by atoms with E-state index < -0.39 is 0 Å². The molecule has 140 valence electrons. The lowest BCUT2D eigenvalue weighted by Gasteiger charge is -2.09. The van der Waals surface area contributed by atoms with Crippen LogP contribution in [0.25, 0.3) is 10.6 Å². The highest BCUT2D eigenvalue weighted by Gasteiger charge is 2.06. The van der Waals surface area contributed by atoms with Crippen LogP contribution in [0, 0.1) is 0 Å². The third-order valence-electron chi connectivity index (χ3n) is 3.62. The first-order chi connectivity index (χ1) is 13.2. The Morgan fingerprint density at radius 2 is 1.96 bits per heavy atom. The number of nitrogens with zero attached hydrogens (tertiary/aromatic N) is 2. The van der Waals surface area contributed by atoms with E-state index in [0.29, 0.717) is 29.7 Å². The van der Waals surface area contributed by atoms with E-state index in [-0.39, 0.29) is 0 Å². The molecule has 1 aromatic heterocycles. The van der Waals surface area contributed by atoms with Crippen LogP contribution in [0.2, 0.25) is 5.02 Å². The van der Waals surface area contributed by atoms with E-state index in [4.69, 9.17) is 25.9 Å². The van der Waals surface area contributed by atoms with Gasteiger partial charge in [0.05, 0.1) is 25.6 Å². The number of thiazole rings is 1. The predicted molar refractivity (Wildman–Crippen MR) is 109 cm³/mol. The summed E-state index contributed by atoms with van der Waals surface area (Å²) in [5, 5.41) is 7.59. The van der Waals surface area contributed by atoms with E-state index in [2.05, 4.69) is 10.1 Å². The van der Waals surface area contributed by atoms with Crippen molar-refractivity contribution >= 4 is 29.2 Å². The van der Waals surface area contributed by atoms with Crippen LogP contribution in [0.3, 0.4) is 0 Å². The number of methoxy groups -OCH3 is 1. The van der Waals surface area contributed by atoms with Crippen molar-refractivity contribution in [2.45, 2.75) is 13.5 Å². The minimum Gasteiger partial charge on any atom is -0.493 e. The summed E-state index contributed by atoms with van der Waals surface area (Å²) in [6.45, 7) is 2.81. The number of aromatic nitrogens is 1. The third-order valence-corrected chi connectivity index (χ3v) is 4.81. The fraction of sp³-hybridized carbons (Fsp3) is 0.200. The second kappa shape index (κ2) is 9.39. The molecule has 1 heterocycles. The summed E-state index contributed by atoms with van der Waals surface area (Å²) >= 11 is 7.47. The quantitative estimate of drug-likeness (QED) is 0.373. The van der Waals surface area contributed by atoms with Gasteiger partial charge in [0.15, 0.2) is 18.1 Å². The van der Waals surface area contributed by atoms with Crippen molar-refractivity contribution in [3.63, 3.8) is 0 Å². The van der Waals surface area contributed by atoms with E-state index in [0.717, 1.165) is 21.8 Å². The third kappa shape index (κ3) is 5.21. The van der Waals surface area contributed by atoms with Gasteiger partial charge in [-0.3, -0.25) is 0 Å². The zero-order valence-corrected chi connectivity index (χ0v) is 16.6. The Labute approximate surface area is 167 Å². The summed E-state index contributed by atoms with van der Waals surface area (Å²) in [5.74, 6) is 1.36. The zero-order chi connectivity index (χ0) is 19.1. The first-order valence-electron chi connectivity index (χ1n) is 8.36. The maximum Gasteiger partial charge on any atom is 0.161 e. The molecule has 27 heavy (non-hydrogen) atoms. The molecule has 0 N–H and O–H groups in total. The van der Waals surface area contributed by atoms with Gasteiger partial charge in [-0.05, 0) is 37.3 Å². The molecule has 7 heteroatoms. The molecular weight excluding hydrogens is 384 g/mol. The van der Waals surface area contributed by atoms with Gasteiger partial charge >= 0.3 is 0 Å². The molecule has 0 unspecified atom stereocenters. The summed E-state index contributed by atoms with van der Waals surface area (Å²) in [6.07, 6.45) is 1.63. The molecular formula is C20H19ClN2O3S. The fourth-order valence-electron chi connectivity index (χ4n) is 2.34. The number of hydrogen-bond donors (Lipinski definition) is 0. The molecule has 2 aromatic carbocycles. The lowest BCUT2D eigenvalue weighted by atomic mass is 10.2. The highest BCUT2D eigenvalue weighted by molar-refractivity contribution is 7.13. The van der Waals surface area contributed by atoms with Crippen molar-refractivity contribution in [2.24, 2.45) is 5.16 Å². The molecule has 5 nitrogen and oxygen atoms in total. The van der Waals surface area contributed by atoms with Crippen molar-refractivity contribution in [3.05, 3.63) is 64.1 Å². The Morgan fingerprint density at radius 3 is 2.70 bits per heavy atom. The van der Waals surface area contributed by atoms with Crippen LogP contribution in [0.4, 0.5) is 0 Å². The Hall–Kier alpha value is -2.57. The molecule has 0 saturated heterocycles. The van der Waals surface area contributed by atoms with E-state index in [1.54, 1.807) is 24.7 Å². The monoisotopic (exact) mass is 402 g/mol. The van der Waals surface area contributed by atoms with Crippen molar-refractivity contribution in [2.75, 3.05) is 13.7 Å². The summed E-state index contributed by atoms with van der Waals surface area (Å²) in [6, 6.07) is 13.2. The minimum atomic E-state index is 0.300. The van der Waals surface area contributed by atoms with Gasteiger partial charge in [0.25, 0.3) is 0 Å². The average Bonchev–Trinajstić information content (AvgIpc) is 3.16. The van der Waals surface area contributed by atoms with E-state index in [9.17, 15) is 0 Å². The molecule has 3 aromatic rings. The van der Waals surface area contributed by atoms with Crippen molar-refractivity contribution in [3.8, 4) is 22.1 Å². The van der Waals surface area contributed by atoms with Gasteiger partial charge < -0.3 is 14.3 Å². The smallest absolute Gasteiger partial charge is 0.161 e. The van der Waals surface area contributed by atoms with Crippen LogP contribution < -0.4 is 9.47 Å². The van der Waals surface area contributed by atoms with Crippen molar-refractivity contribution in [1.82, 2.24) is 4.98 Å². The lowest BCUT2D eigenvalue weighted by Crippen LogP contribution is -1.96. The van der Waals surface area contributed by atoms with Crippen molar-refractivity contribution in [1.29, 1.82) is 0 Å². The molecule has 3 rings (SSSR count). The number of oxime groups is 1. The molecule has 0 aliphatic carbocycles. The van der Waals surface area contributed by atoms with Gasteiger partial charge in [-0.1, -0.05) is 28.9 Å². The minimum absolute atomic E-state index is 0.300. The fourth-order valence-corrected chi connectivity index (χ4v) is 3.28. The van der Waals surface area contributed by atoms with Crippen LogP contribution in [0.15, 0.2) is 53.0 Å². The average molecular weight is 403 g/mol. The molecule has 0 radical (unpaired) electrons. The van der Waals surface area contributed by atoms with Gasteiger partial charge in [0.1, 0.15) is 5.01 Å². The summed E-state index contributed by atoms with van der Waals surface area (Å²) < 4.78 is 10.8.